The van der Waals surface area contributed by atoms with E-state index in [9.17, 15) is 0 Å². The Kier molecular flexibility index (Phi) is 4.83. The van der Waals surface area contributed by atoms with E-state index in [1.807, 2.05) is 22.7 Å². The zero-order valence-electron chi connectivity index (χ0n) is 12.5. The lowest BCUT2D eigenvalue weighted by Gasteiger charge is -2.13. The fourth-order valence-corrected chi connectivity index (χ4v) is 2.70. The molecule has 0 spiro atoms. The van der Waals surface area contributed by atoms with Crippen molar-refractivity contribution in [3.8, 4) is 11.4 Å². The summed E-state index contributed by atoms with van der Waals surface area (Å²) < 4.78 is 7.34. The van der Waals surface area contributed by atoms with Crippen LogP contribution in [0, 0.1) is 0 Å². The van der Waals surface area contributed by atoms with E-state index >= 15 is 0 Å². The second-order valence-electron chi connectivity index (χ2n) is 5.13. The smallest absolute Gasteiger partial charge is 0.324 e. The molecule has 0 saturated carbocycles. The van der Waals surface area contributed by atoms with E-state index < -0.39 is 0 Å². The molecule has 0 aliphatic rings. The van der Waals surface area contributed by atoms with Gasteiger partial charge in [0.25, 0.3) is 0 Å². The van der Waals surface area contributed by atoms with Crippen molar-refractivity contribution in [3.05, 3.63) is 47.0 Å². The monoisotopic (exact) mass is 351 g/mol. The molecule has 0 unspecified atom stereocenters. The molecular weight excluding hydrogens is 337 g/mol. The van der Waals surface area contributed by atoms with Gasteiger partial charge in [0.15, 0.2) is 0 Å². The zero-order chi connectivity index (χ0) is 16.2. The number of nitrogens with zero attached hydrogens (tertiary/aromatic N) is 5. The van der Waals surface area contributed by atoms with Crippen molar-refractivity contribution in [2.45, 2.75) is 13.0 Å². The Balaban J connectivity index is 1.63. The van der Waals surface area contributed by atoms with Crippen molar-refractivity contribution >= 4 is 29.2 Å². The first-order chi connectivity index (χ1) is 11.1. The minimum atomic E-state index is 0.460. The number of halogens is 2. The Morgan fingerprint density at radius 1 is 1.22 bits per heavy atom. The van der Waals surface area contributed by atoms with Gasteiger partial charge in [-0.3, -0.25) is 0 Å². The van der Waals surface area contributed by atoms with Gasteiger partial charge in [0.05, 0.1) is 6.33 Å². The molecule has 3 rings (SSSR count). The predicted molar refractivity (Wildman–Crippen MR) is 89.9 cm³/mol. The number of anilines is 1. The van der Waals surface area contributed by atoms with Crippen molar-refractivity contribution in [2.75, 3.05) is 18.5 Å². The quantitative estimate of drug-likeness (QED) is 0.676. The van der Waals surface area contributed by atoms with Crippen LogP contribution in [0.4, 0.5) is 6.01 Å². The molecule has 3 aromatic rings. The first-order valence-corrected chi connectivity index (χ1v) is 7.84. The highest BCUT2D eigenvalue weighted by Gasteiger charge is 2.13. The molecule has 2 heterocycles. The maximum absolute atomic E-state index is 6.00. The first kappa shape index (κ1) is 15.8. The molecule has 0 atom stereocenters. The summed E-state index contributed by atoms with van der Waals surface area (Å²) in [5.41, 5.74) is 0.726. The van der Waals surface area contributed by atoms with Crippen LogP contribution < -0.4 is 4.90 Å². The van der Waals surface area contributed by atoms with Gasteiger partial charge >= 0.3 is 6.01 Å². The van der Waals surface area contributed by atoms with Gasteiger partial charge in [-0.15, -0.1) is 0 Å². The van der Waals surface area contributed by atoms with E-state index in [0.29, 0.717) is 21.9 Å². The summed E-state index contributed by atoms with van der Waals surface area (Å²) >= 11 is 12.0. The Morgan fingerprint density at radius 2 is 2.00 bits per heavy atom. The summed E-state index contributed by atoms with van der Waals surface area (Å²) in [5.74, 6) is 0.464. The van der Waals surface area contributed by atoms with Crippen LogP contribution in [-0.4, -0.2) is 33.3 Å². The fourth-order valence-electron chi connectivity index (χ4n) is 2.18. The molecule has 23 heavy (non-hydrogen) atoms. The van der Waals surface area contributed by atoms with E-state index in [4.69, 9.17) is 27.7 Å². The van der Waals surface area contributed by atoms with Gasteiger partial charge in [-0.2, -0.15) is 4.98 Å². The van der Waals surface area contributed by atoms with Gasteiger partial charge in [0.2, 0.25) is 5.82 Å². The molecule has 2 aromatic heterocycles. The van der Waals surface area contributed by atoms with E-state index in [1.165, 1.54) is 0 Å². The highest BCUT2D eigenvalue weighted by atomic mass is 35.5. The largest absolute Gasteiger partial charge is 0.337 e. The Labute approximate surface area is 143 Å². The summed E-state index contributed by atoms with van der Waals surface area (Å²) in [6.45, 7) is 1.67. The average Bonchev–Trinajstić information content (AvgIpc) is 3.18. The zero-order valence-corrected chi connectivity index (χ0v) is 14.0. The van der Waals surface area contributed by atoms with E-state index in [2.05, 4.69) is 15.1 Å². The number of hydrogen-bond acceptors (Lipinski definition) is 5. The number of benzene rings is 1. The van der Waals surface area contributed by atoms with Crippen LogP contribution in [0.1, 0.15) is 6.42 Å². The number of hydrogen-bond donors (Lipinski definition) is 0. The molecule has 8 heteroatoms. The van der Waals surface area contributed by atoms with Crippen molar-refractivity contribution in [1.82, 2.24) is 19.7 Å². The lowest BCUT2D eigenvalue weighted by molar-refractivity contribution is 0.417. The van der Waals surface area contributed by atoms with Crippen LogP contribution in [0.2, 0.25) is 10.0 Å². The molecule has 0 bridgehead atoms. The molecule has 0 aliphatic carbocycles. The summed E-state index contributed by atoms with van der Waals surface area (Å²) in [5, 5.41) is 5.06. The van der Waals surface area contributed by atoms with Gasteiger partial charge in [-0.05, 0) is 24.6 Å². The van der Waals surface area contributed by atoms with Gasteiger partial charge in [-0.25, -0.2) is 4.98 Å². The van der Waals surface area contributed by atoms with Crippen LogP contribution in [0.5, 0.6) is 0 Å². The van der Waals surface area contributed by atoms with E-state index in [0.717, 1.165) is 25.1 Å². The topological polar surface area (TPSA) is 60.0 Å². The standard InChI is InChI=1S/C15H15Cl2N5O/c1-21(4-2-5-22-6-3-18-10-22)15-19-14(20-23-15)11-7-12(16)9-13(17)8-11/h3,6-10H,2,4-5H2,1H3. The molecule has 0 saturated heterocycles. The Morgan fingerprint density at radius 3 is 2.70 bits per heavy atom. The third-order valence-corrected chi connectivity index (χ3v) is 3.77. The van der Waals surface area contributed by atoms with Gasteiger partial charge in [-0.1, -0.05) is 28.4 Å². The van der Waals surface area contributed by atoms with E-state index in [1.54, 1.807) is 30.7 Å². The molecule has 0 N–H and O–H groups in total. The van der Waals surface area contributed by atoms with Gasteiger partial charge in [0.1, 0.15) is 0 Å². The van der Waals surface area contributed by atoms with Crippen molar-refractivity contribution in [3.63, 3.8) is 0 Å². The van der Waals surface area contributed by atoms with Crippen molar-refractivity contribution in [1.29, 1.82) is 0 Å². The molecule has 0 amide bonds. The summed E-state index contributed by atoms with van der Waals surface area (Å²) in [6, 6.07) is 5.62. The van der Waals surface area contributed by atoms with Crippen molar-refractivity contribution < 1.29 is 4.52 Å². The lowest BCUT2D eigenvalue weighted by atomic mass is 10.2. The maximum atomic E-state index is 6.00. The number of imidazole rings is 1. The SMILES string of the molecule is CN(CCCn1ccnc1)c1nc(-c2cc(Cl)cc(Cl)c2)no1. The highest BCUT2D eigenvalue weighted by molar-refractivity contribution is 6.35. The Bertz CT molecular complexity index is 752. The second kappa shape index (κ2) is 7.02. The molecule has 0 aliphatic heterocycles. The number of aromatic nitrogens is 4. The first-order valence-electron chi connectivity index (χ1n) is 7.09. The third kappa shape index (κ3) is 4.03. The molecule has 6 nitrogen and oxygen atoms in total. The van der Waals surface area contributed by atoms with Crippen LogP contribution in [0.3, 0.4) is 0 Å². The summed E-state index contributed by atoms with van der Waals surface area (Å²) in [7, 11) is 1.91. The predicted octanol–water partition coefficient (Wildman–Crippen LogP) is 3.77. The van der Waals surface area contributed by atoms with Crippen LogP contribution in [0.15, 0.2) is 41.4 Å². The Hall–Kier alpha value is -2.05. The number of rotatable bonds is 6. The lowest BCUT2D eigenvalue weighted by Crippen LogP contribution is -2.20. The van der Waals surface area contributed by atoms with Crippen LogP contribution in [-0.2, 0) is 6.54 Å². The normalized spacial score (nSPS) is 10.9. The van der Waals surface area contributed by atoms with Gasteiger partial charge < -0.3 is 14.0 Å². The van der Waals surface area contributed by atoms with E-state index in [-0.39, 0.29) is 0 Å². The van der Waals surface area contributed by atoms with Gasteiger partial charge in [0, 0.05) is 48.1 Å². The second-order valence-corrected chi connectivity index (χ2v) is 6.01. The minimum absolute atomic E-state index is 0.460. The number of aryl methyl sites for hydroxylation is 1. The summed E-state index contributed by atoms with van der Waals surface area (Å²) in [6.07, 6.45) is 6.44. The average molecular weight is 352 g/mol. The third-order valence-electron chi connectivity index (χ3n) is 3.33. The van der Waals surface area contributed by atoms with Crippen molar-refractivity contribution in [2.24, 2.45) is 0 Å². The molecule has 0 fully saturated rings. The molecule has 0 radical (unpaired) electrons. The molecule has 120 valence electrons. The van der Waals surface area contributed by atoms with Crippen LogP contribution in [0.25, 0.3) is 11.4 Å². The maximum Gasteiger partial charge on any atom is 0.324 e. The highest BCUT2D eigenvalue weighted by Crippen LogP contribution is 2.26. The molecule has 1 aromatic carbocycles. The minimum Gasteiger partial charge on any atom is -0.337 e. The summed E-state index contributed by atoms with van der Waals surface area (Å²) in [4.78, 5) is 10.3. The van der Waals surface area contributed by atoms with Crippen LogP contribution >= 0.6 is 23.2 Å². The fraction of sp³-hybridized carbons (Fsp3) is 0.267. The molecular formula is C15H15Cl2N5O.